The minimum atomic E-state index is -0.373. The molecule has 2 amide bonds. The summed E-state index contributed by atoms with van der Waals surface area (Å²) in [6.07, 6.45) is 4.01. The van der Waals surface area contributed by atoms with Crippen LogP contribution >= 0.6 is 0 Å². The lowest BCUT2D eigenvalue weighted by atomic mass is 9.83. The predicted octanol–water partition coefficient (Wildman–Crippen LogP) is 2.31. The van der Waals surface area contributed by atoms with Gasteiger partial charge in [0.15, 0.2) is 0 Å². The predicted molar refractivity (Wildman–Crippen MR) is 95.5 cm³/mol. The number of likely N-dealkylation sites (tertiary alicyclic amines) is 1. The molecule has 0 bridgehead atoms. The lowest BCUT2D eigenvalue weighted by Gasteiger charge is -2.38. The second-order valence-electron chi connectivity index (χ2n) is 7.14. The minimum absolute atomic E-state index is 0.0190. The molecule has 0 aliphatic carbocycles. The molecule has 2 aromatic rings. The van der Waals surface area contributed by atoms with Gasteiger partial charge in [0.05, 0.1) is 24.7 Å². The van der Waals surface area contributed by atoms with Crippen LogP contribution in [-0.2, 0) is 9.53 Å². The van der Waals surface area contributed by atoms with Gasteiger partial charge in [-0.25, -0.2) is 0 Å². The van der Waals surface area contributed by atoms with E-state index in [4.69, 9.17) is 9.15 Å². The third-order valence-corrected chi connectivity index (χ3v) is 5.38. The summed E-state index contributed by atoms with van der Waals surface area (Å²) >= 11 is 0. The lowest BCUT2D eigenvalue weighted by molar-refractivity contribution is -0.122. The molecule has 4 rings (SSSR count). The van der Waals surface area contributed by atoms with E-state index in [1.165, 1.54) is 6.92 Å². The standard InChI is InChI=1S/C20H22N2O4/c1-14(23)21-20-6-8-26-12-18(20)10-22(13-20)19(24)16-4-2-3-15(9-16)17-5-7-25-11-17/h2-5,7,9,11,18H,6,8,10,12-13H2,1H3,(H,21,23). The van der Waals surface area contributed by atoms with Crippen molar-refractivity contribution in [3.8, 4) is 11.1 Å². The van der Waals surface area contributed by atoms with Crippen LogP contribution in [0, 0.1) is 5.92 Å². The Balaban J connectivity index is 1.57. The number of nitrogens with zero attached hydrogens (tertiary/aromatic N) is 1. The smallest absolute Gasteiger partial charge is 0.253 e. The van der Waals surface area contributed by atoms with E-state index in [0.717, 1.165) is 17.5 Å². The van der Waals surface area contributed by atoms with Crippen LogP contribution in [0.5, 0.6) is 0 Å². The molecule has 0 radical (unpaired) electrons. The molecule has 2 aliphatic rings. The number of hydrogen-bond acceptors (Lipinski definition) is 4. The maximum Gasteiger partial charge on any atom is 0.253 e. The van der Waals surface area contributed by atoms with E-state index in [1.807, 2.05) is 35.2 Å². The topological polar surface area (TPSA) is 71.8 Å². The molecule has 2 atom stereocenters. The van der Waals surface area contributed by atoms with Gasteiger partial charge in [0.25, 0.3) is 5.91 Å². The number of fused-ring (bicyclic) bond motifs is 1. The number of hydrogen-bond donors (Lipinski definition) is 1. The zero-order chi connectivity index (χ0) is 18.1. The molecule has 26 heavy (non-hydrogen) atoms. The van der Waals surface area contributed by atoms with E-state index < -0.39 is 0 Å². The maximum absolute atomic E-state index is 13.1. The number of carbonyl (C=O) groups excluding carboxylic acids is 2. The SMILES string of the molecule is CC(=O)NC12CCOCC1CN(C(=O)c1cccc(-c3ccoc3)c1)C2. The van der Waals surface area contributed by atoms with Gasteiger partial charge in [-0.1, -0.05) is 12.1 Å². The van der Waals surface area contributed by atoms with Crippen molar-refractivity contribution >= 4 is 11.8 Å². The molecule has 2 saturated heterocycles. The lowest BCUT2D eigenvalue weighted by Crippen LogP contribution is -2.57. The average Bonchev–Trinajstić information content (AvgIpc) is 3.28. The van der Waals surface area contributed by atoms with E-state index in [9.17, 15) is 9.59 Å². The summed E-state index contributed by atoms with van der Waals surface area (Å²) in [6.45, 7) is 3.82. The quantitative estimate of drug-likeness (QED) is 0.918. The van der Waals surface area contributed by atoms with Gasteiger partial charge in [0.1, 0.15) is 0 Å². The third kappa shape index (κ3) is 3.01. The Morgan fingerprint density at radius 3 is 2.92 bits per heavy atom. The molecule has 2 aliphatic heterocycles. The van der Waals surface area contributed by atoms with E-state index >= 15 is 0 Å². The first-order valence-corrected chi connectivity index (χ1v) is 8.86. The first kappa shape index (κ1) is 16.8. The van der Waals surface area contributed by atoms with E-state index in [2.05, 4.69) is 5.32 Å². The summed E-state index contributed by atoms with van der Waals surface area (Å²) in [7, 11) is 0. The van der Waals surface area contributed by atoms with Crippen molar-refractivity contribution < 1.29 is 18.7 Å². The van der Waals surface area contributed by atoms with Gasteiger partial charge >= 0.3 is 0 Å². The molecule has 2 unspecified atom stereocenters. The van der Waals surface area contributed by atoms with Crippen LogP contribution in [0.15, 0.2) is 47.3 Å². The van der Waals surface area contributed by atoms with Crippen LogP contribution in [0.25, 0.3) is 11.1 Å². The highest BCUT2D eigenvalue weighted by Crippen LogP contribution is 2.35. The summed E-state index contributed by atoms with van der Waals surface area (Å²) in [6, 6.07) is 9.42. The molecule has 6 heteroatoms. The molecular formula is C20H22N2O4. The molecule has 6 nitrogen and oxygen atoms in total. The Morgan fingerprint density at radius 1 is 1.27 bits per heavy atom. The molecule has 0 saturated carbocycles. The zero-order valence-electron chi connectivity index (χ0n) is 14.7. The summed E-state index contributed by atoms with van der Waals surface area (Å²) < 4.78 is 10.7. The van der Waals surface area contributed by atoms with Crippen LogP contribution in [0.4, 0.5) is 0 Å². The first-order valence-electron chi connectivity index (χ1n) is 8.86. The van der Waals surface area contributed by atoms with Crippen LogP contribution in [0.3, 0.4) is 0 Å². The highest BCUT2D eigenvalue weighted by atomic mass is 16.5. The Morgan fingerprint density at radius 2 is 2.15 bits per heavy atom. The van der Waals surface area contributed by atoms with Crippen LogP contribution < -0.4 is 5.32 Å². The maximum atomic E-state index is 13.1. The van der Waals surface area contributed by atoms with E-state index in [1.54, 1.807) is 12.5 Å². The van der Waals surface area contributed by atoms with Crippen molar-refractivity contribution in [2.75, 3.05) is 26.3 Å². The molecule has 1 aromatic carbocycles. The fraction of sp³-hybridized carbons (Fsp3) is 0.400. The number of furan rings is 1. The molecule has 1 N–H and O–H groups in total. The molecule has 1 aromatic heterocycles. The van der Waals surface area contributed by atoms with Gasteiger partial charge in [-0.2, -0.15) is 0 Å². The largest absolute Gasteiger partial charge is 0.472 e. The highest BCUT2D eigenvalue weighted by Gasteiger charge is 2.50. The molecule has 136 valence electrons. The highest BCUT2D eigenvalue weighted by molar-refractivity contribution is 5.96. The Labute approximate surface area is 152 Å². The Hall–Kier alpha value is -2.60. The summed E-state index contributed by atoms with van der Waals surface area (Å²) in [4.78, 5) is 26.6. The number of carbonyl (C=O) groups is 2. The minimum Gasteiger partial charge on any atom is -0.472 e. The average molecular weight is 354 g/mol. The number of ether oxygens (including phenoxy) is 1. The molecule has 0 spiro atoms. The Bertz CT molecular complexity index is 817. The summed E-state index contributed by atoms with van der Waals surface area (Å²) in [5.74, 6) is 0.0452. The van der Waals surface area contributed by atoms with Crippen molar-refractivity contribution in [1.82, 2.24) is 10.2 Å². The Kier molecular flexibility index (Phi) is 4.28. The van der Waals surface area contributed by atoms with E-state index in [-0.39, 0.29) is 23.3 Å². The van der Waals surface area contributed by atoms with Gasteiger partial charge in [0, 0.05) is 43.7 Å². The second-order valence-corrected chi connectivity index (χ2v) is 7.14. The van der Waals surface area contributed by atoms with Crippen molar-refractivity contribution in [3.05, 3.63) is 48.4 Å². The molecule has 3 heterocycles. The fourth-order valence-corrected chi connectivity index (χ4v) is 4.10. The summed E-state index contributed by atoms with van der Waals surface area (Å²) in [5.41, 5.74) is 2.15. The zero-order valence-corrected chi connectivity index (χ0v) is 14.7. The third-order valence-electron chi connectivity index (χ3n) is 5.38. The van der Waals surface area contributed by atoms with Gasteiger partial charge in [0.2, 0.25) is 5.91 Å². The van der Waals surface area contributed by atoms with Crippen LogP contribution in [0.1, 0.15) is 23.7 Å². The van der Waals surface area contributed by atoms with Gasteiger partial charge in [-0.3, -0.25) is 9.59 Å². The van der Waals surface area contributed by atoms with Gasteiger partial charge < -0.3 is 19.4 Å². The van der Waals surface area contributed by atoms with Crippen LogP contribution in [0.2, 0.25) is 0 Å². The molecular weight excluding hydrogens is 332 g/mol. The number of nitrogens with one attached hydrogen (secondary N) is 1. The number of rotatable bonds is 3. The second kappa shape index (κ2) is 6.61. The van der Waals surface area contributed by atoms with Crippen molar-refractivity contribution in [1.29, 1.82) is 0 Å². The number of amides is 2. The van der Waals surface area contributed by atoms with Crippen molar-refractivity contribution in [2.24, 2.45) is 5.92 Å². The fourth-order valence-electron chi connectivity index (χ4n) is 4.10. The monoisotopic (exact) mass is 354 g/mol. The first-order chi connectivity index (χ1) is 12.6. The number of benzene rings is 1. The molecule has 2 fully saturated rings. The van der Waals surface area contributed by atoms with Crippen molar-refractivity contribution in [3.63, 3.8) is 0 Å². The normalized spacial score (nSPS) is 25.0. The van der Waals surface area contributed by atoms with Gasteiger partial charge in [-0.05, 0) is 30.2 Å². The van der Waals surface area contributed by atoms with Crippen molar-refractivity contribution in [2.45, 2.75) is 18.9 Å². The van der Waals surface area contributed by atoms with Gasteiger partial charge in [-0.15, -0.1) is 0 Å². The summed E-state index contributed by atoms with van der Waals surface area (Å²) in [5, 5.41) is 3.10. The van der Waals surface area contributed by atoms with Crippen LogP contribution in [-0.4, -0.2) is 48.6 Å². The van der Waals surface area contributed by atoms with E-state index in [0.29, 0.717) is 31.9 Å².